The molecule has 0 radical (unpaired) electrons. The highest BCUT2D eigenvalue weighted by Gasteiger charge is 2.39. The van der Waals surface area contributed by atoms with E-state index in [0.29, 0.717) is 37.2 Å². The summed E-state index contributed by atoms with van der Waals surface area (Å²) in [6.45, 7) is 0.310. The van der Waals surface area contributed by atoms with Gasteiger partial charge in [0.25, 0.3) is 0 Å². The number of ether oxygens (including phenoxy) is 1. The number of nitrogens with zero attached hydrogens (tertiary/aromatic N) is 1. The van der Waals surface area contributed by atoms with Crippen LogP contribution in [0.2, 0.25) is 0 Å². The smallest absolute Gasteiger partial charge is 0.247 e. The van der Waals surface area contributed by atoms with E-state index in [1.165, 1.54) is 12.0 Å². The molecule has 0 unspecified atom stereocenters. The molecule has 1 aromatic rings. The first-order valence-electron chi connectivity index (χ1n) is 10.4. The van der Waals surface area contributed by atoms with Crippen LogP contribution >= 0.6 is 0 Å². The molecule has 5 N–H and O–H groups in total. The van der Waals surface area contributed by atoms with Gasteiger partial charge < -0.3 is 31.3 Å². The summed E-state index contributed by atoms with van der Waals surface area (Å²) in [4.78, 5) is 62.7. The summed E-state index contributed by atoms with van der Waals surface area (Å²) in [6.07, 6.45) is 1.16. The zero-order chi connectivity index (χ0) is 23.3. The van der Waals surface area contributed by atoms with Crippen LogP contribution in [0.25, 0.3) is 0 Å². The predicted octanol–water partition coefficient (Wildman–Crippen LogP) is -0.736. The quantitative estimate of drug-likeness (QED) is 0.412. The molecule has 0 aromatic heterocycles. The van der Waals surface area contributed by atoms with Crippen LogP contribution in [0.15, 0.2) is 24.3 Å². The van der Waals surface area contributed by atoms with Crippen LogP contribution in [0.3, 0.4) is 0 Å². The SMILES string of the molecule is COc1ccc(NC(=O)[C@@H]2CCCN2C(=O)[C@H](CC(N)=O)NC(=O)[C@@H]2CCC(=O)N2)cc1. The second kappa shape index (κ2) is 10.1. The van der Waals surface area contributed by atoms with E-state index in [0.717, 1.165) is 0 Å². The number of nitrogens with one attached hydrogen (secondary N) is 3. The fourth-order valence-corrected chi connectivity index (χ4v) is 3.89. The molecule has 1 aromatic carbocycles. The minimum absolute atomic E-state index is 0.215. The van der Waals surface area contributed by atoms with Gasteiger partial charge in [0.2, 0.25) is 29.5 Å². The lowest BCUT2D eigenvalue weighted by atomic mass is 10.1. The number of nitrogens with two attached hydrogens (primary N) is 1. The van der Waals surface area contributed by atoms with Gasteiger partial charge in [-0.05, 0) is 43.5 Å². The number of likely N-dealkylation sites (tertiary alicyclic amines) is 1. The van der Waals surface area contributed by atoms with Crippen LogP contribution in [0, 0.1) is 0 Å². The van der Waals surface area contributed by atoms with Gasteiger partial charge >= 0.3 is 0 Å². The minimum atomic E-state index is -1.22. The van der Waals surface area contributed by atoms with Crippen molar-refractivity contribution in [2.75, 3.05) is 19.0 Å². The van der Waals surface area contributed by atoms with Gasteiger partial charge in [-0.2, -0.15) is 0 Å². The highest BCUT2D eigenvalue weighted by molar-refractivity contribution is 6.00. The molecule has 2 aliphatic rings. The zero-order valence-electron chi connectivity index (χ0n) is 17.8. The average Bonchev–Trinajstić information content (AvgIpc) is 3.42. The monoisotopic (exact) mass is 445 g/mol. The van der Waals surface area contributed by atoms with Crippen molar-refractivity contribution < 1.29 is 28.7 Å². The van der Waals surface area contributed by atoms with E-state index in [1.54, 1.807) is 24.3 Å². The largest absolute Gasteiger partial charge is 0.497 e. The molecule has 0 bridgehead atoms. The van der Waals surface area contributed by atoms with E-state index in [4.69, 9.17) is 10.5 Å². The van der Waals surface area contributed by atoms with Crippen molar-refractivity contribution >= 4 is 35.2 Å². The Kier molecular flexibility index (Phi) is 7.29. The number of carbonyl (C=O) groups excluding carboxylic acids is 5. The minimum Gasteiger partial charge on any atom is -0.497 e. The normalized spacial score (nSPS) is 20.9. The molecule has 0 saturated carbocycles. The standard InChI is InChI=1S/C21H27N5O6/c1-32-13-6-4-12(5-7-13)23-20(30)16-3-2-10-26(16)21(31)15(11-17(22)27)25-19(29)14-8-9-18(28)24-14/h4-7,14-16H,2-3,8-11H2,1H3,(H2,22,27)(H,23,30)(H,24,28)(H,25,29)/t14-,15-,16-/m0/s1. The zero-order valence-corrected chi connectivity index (χ0v) is 17.8. The Morgan fingerprint density at radius 2 is 1.91 bits per heavy atom. The predicted molar refractivity (Wildman–Crippen MR) is 113 cm³/mol. The molecule has 2 heterocycles. The second-order valence-corrected chi connectivity index (χ2v) is 7.80. The molecule has 2 saturated heterocycles. The lowest BCUT2D eigenvalue weighted by molar-refractivity contribution is -0.141. The van der Waals surface area contributed by atoms with E-state index in [-0.39, 0.29) is 18.2 Å². The maximum Gasteiger partial charge on any atom is 0.247 e. The van der Waals surface area contributed by atoms with Gasteiger partial charge in [-0.3, -0.25) is 24.0 Å². The molecule has 0 aliphatic carbocycles. The lowest BCUT2D eigenvalue weighted by Gasteiger charge is -2.28. The number of amides is 5. The molecule has 11 nitrogen and oxygen atoms in total. The van der Waals surface area contributed by atoms with E-state index < -0.39 is 42.3 Å². The van der Waals surface area contributed by atoms with Crippen molar-refractivity contribution in [2.24, 2.45) is 5.73 Å². The molecule has 32 heavy (non-hydrogen) atoms. The maximum absolute atomic E-state index is 13.2. The average molecular weight is 445 g/mol. The molecule has 5 amide bonds. The number of carbonyl (C=O) groups is 5. The fourth-order valence-electron chi connectivity index (χ4n) is 3.89. The highest BCUT2D eigenvalue weighted by Crippen LogP contribution is 2.22. The Morgan fingerprint density at radius 1 is 1.19 bits per heavy atom. The van der Waals surface area contributed by atoms with Gasteiger partial charge in [0.15, 0.2) is 0 Å². The second-order valence-electron chi connectivity index (χ2n) is 7.80. The van der Waals surface area contributed by atoms with Crippen molar-refractivity contribution in [1.82, 2.24) is 15.5 Å². The van der Waals surface area contributed by atoms with E-state index >= 15 is 0 Å². The summed E-state index contributed by atoms with van der Waals surface area (Å²) in [5.74, 6) is -1.87. The van der Waals surface area contributed by atoms with Crippen molar-refractivity contribution in [3.05, 3.63) is 24.3 Å². The summed E-state index contributed by atoms with van der Waals surface area (Å²) in [5.41, 5.74) is 5.83. The Bertz CT molecular complexity index is 902. The van der Waals surface area contributed by atoms with Gasteiger partial charge in [-0.1, -0.05) is 0 Å². The first kappa shape index (κ1) is 23.0. The number of rotatable bonds is 8. The Labute approximate surface area is 185 Å². The number of anilines is 1. The maximum atomic E-state index is 13.2. The van der Waals surface area contributed by atoms with Gasteiger partial charge in [-0.25, -0.2) is 0 Å². The molecular weight excluding hydrogens is 418 g/mol. The van der Waals surface area contributed by atoms with Crippen LogP contribution in [0.5, 0.6) is 5.75 Å². The topological polar surface area (TPSA) is 160 Å². The first-order chi connectivity index (χ1) is 15.3. The van der Waals surface area contributed by atoms with Crippen LogP contribution in [0.1, 0.15) is 32.1 Å². The Hall–Kier alpha value is -3.63. The van der Waals surface area contributed by atoms with Crippen molar-refractivity contribution in [1.29, 1.82) is 0 Å². The fraction of sp³-hybridized carbons (Fsp3) is 0.476. The summed E-state index contributed by atoms with van der Waals surface area (Å²) in [6, 6.07) is 4.04. The summed E-state index contributed by atoms with van der Waals surface area (Å²) < 4.78 is 5.09. The molecule has 11 heteroatoms. The number of benzene rings is 1. The molecule has 2 aliphatic heterocycles. The molecule has 2 fully saturated rings. The number of hydrogen-bond donors (Lipinski definition) is 4. The van der Waals surface area contributed by atoms with Gasteiger partial charge in [-0.15, -0.1) is 0 Å². The highest BCUT2D eigenvalue weighted by atomic mass is 16.5. The van der Waals surface area contributed by atoms with Gasteiger partial charge in [0.05, 0.1) is 13.5 Å². The van der Waals surface area contributed by atoms with Gasteiger partial charge in [0.1, 0.15) is 23.9 Å². The van der Waals surface area contributed by atoms with Gasteiger partial charge in [0, 0.05) is 18.7 Å². The number of methoxy groups -OCH3 is 1. The van der Waals surface area contributed by atoms with Crippen LogP contribution in [-0.2, 0) is 24.0 Å². The molecular formula is C21H27N5O6. The van der Waals surface area contributed by atoms with E-state index in [1.807, 2.05) is 0 Å². The Morgan fingerprint density at radius 3 is 2.50 bits per heavy atom. The van der Waals surface area contributed by atoms with Crippen molar-refractivity contribution in [2.45, 2.75) is 50.2 Å². The summed E-state index contributed by atoms with van der Waals surface area (Å²) in [7, 11) is 1.54. The number of primary amides is 1. The van der Waals surface area contributed by atoms with E-state index in [2.05, 4.69) is 16.0 Å². The van der Waals surface area contributed by atoms with Crippen LogP contribution < -0.4 is 26.4 Å². The van der Waals surface area contributed by atoms with Crippen LogP contribution in [0.4, 0.5) is 5.69 Å². The summed E-state index contributed by atoms with van der Waals surface area (Å²) >= 11 is 0. The Balaban J connectivity index is 1.68. The van der Waals surface area contributed by atoms with Crippen molar-refractivity contribution in [3.8, 4) is 5.75 Å². The first-order valence-corrected chi connectivity index (χ1v) is 10.4. The summed E-state index contributed by atoms with van der Waals surface area (Å²) in [5, 5.41) is 7.81. The third-order valence-electron chi connectivity index (χ3n) is 5.53. The van der Waals surface area contributed by atoms with Crippen molar-refractivity contribution in [3.63, 3.8) is 0 Å². The molecule has 172 valence electrons. The van der Waals surface area contributed by atoms with E-state index in [9.17, 15) is 24.0 Å². The third-order valence-corrected chi connectivity index (χ3v) is 5.53. The third kappa shape index (κ3) is 5.54. The molecule has 0 spiro atoms. The lowest BCUT2D eigenvalue weighted by Crippen LogP contribution is -2.56. The number of hydrogen-bond acceptors (Lipinski definition) is 6. The molecule has 3 rings (SSSR count). The molecule has 3 atom stereocenters. The van der Waals surface area contributed by atoms with Crippen LogP contribution in [-0.4, -0.2) is 66.2 Å².